The number of nitrogens with one attached hydrogen (secondary N) is 1. The highest BCUT2D eigenvalue weighted by Crippen LogP contribution is 2.55. The number of nitrogens with two attached hydrogens (primary N) is 1. The van der Waals surface area contributed by atoms with Crippen molar-refractivity contribution < 1.29 is 39.6 Å². The highest BCUT2D eigenvalue weighted by atomic mass is 16.3. The van der Waals surface area contributed by atoms with Gasteiger partial charge in [0, 0.05) is 50.4 Å². The molecule has 6 rings (SSSR count). The highest BCUT2D eigenvalue weighted by molar-refractivity contribution is 6.24. The number of benzene rings is 1. The fraction of sp³-hybridized carbons (Fsp3) is 0.622. The minimum absolute atomic E-state index is 0.00851. The van der Waals surface area contributed by atoms with Crippen LogP contribution in [-0.2, 0) is 25.6 Å². The predicted octanol–water partition coefficient (Wildman–Crippen LogP) is 2.51. The van der Waals surface area contributed by atoms with E-state index in [4.69, 9.17) is 5.73 Å². The third-order valence-corrected chi connectivity index (χ3v) is 11.8. The second-order valence-electron chi connectivity index (χ2n) is 17.2. The molecule has 0 aromatic heterocycles. The number of likely N-dealkylation sites (tertiary alicyclic amines) is 1. The van der Waals surface area contributed by atoms with Crippen molar-refractivity contribution in [1.82, 2.24) is 9.80 Å². The molecule has 2 amide bonds. The minimum Gasteiger partial charge on any atom is -0.508 e. The molecule has 1 saturated heterocycles. The van der Waals surface area contributed by atoms with Crippen molar-refractivity contribution in [3.8, 4) is 5.75 Å². The molecule has 3 fully saturated rings. The van der Waals surface area contributed by atoms with Gasteiger partial charge in [-0.1, -0.05) is 27.7 Å². The normalized spacial score (nSPS) is 29.7. The van der Waals surface area contributed by atoms with E-state index in [1.807, 2.05) is 0 Å². The maximum Gasteiger partial charge on any atom is 0.255 e. The first kappa shape index (κ1) is 35.9. The summed E-state index contributed by atoms with van der Waals surface area (Å²) in [6.07, 6.45) is 3.42. The number of hydrogen-bond acceptors (Lipinski definition) is 11. The van der Waals surface area contributed by atoms with Gasteiger partial charge in [0.15, 0.2) is 11.4 Å². The van der Waals surface area contributed by atoms with Crippen LogP contribution in [-0.4, -0.2) is 113 Å². The summed E-state index contributed by atoms with van der Waals surface area (Å²) in [7, 11) is 6.69. The first-order valence-corrected chi connectivity index (χ1v) is 17.4. The van der Waals surface area contributed by atoms with Crippen LogP contribution in [0.25, 0.3) is 5.76 Å². The van der Waals surface area contributed by atoms with Crippen LogP contribution in [0.5, 0.6) is 5.75 Å². The summed E-state index contributed by atoms with van der Waals surface area (Å²) in [5.74, 6) is -7.77. The fourth-order valence-corrected chi connectivity index (χ4v) is 10.0. The van der Waals surface area contributed by atoms with E-state index in [1.165, 1.54) is 4.90 Å². The molecular weight excluding hydrogens is 642 g/mol. The van der Waals surface area contributed by atoms with Crippen LogP contribution in [0.1, 0.15) is 64.5 Å². The molecule has 5 aliphatic rings. The third kappa shape index (κ3) is 5.48. The first-order valence-electron chi connectivity index (χ1n) is 17.4. The van der Waals surface area contributed by atoms with Crippen molar-refractivity contribution >= 4 is 40.5 Å². The van der Waals surface area contributed by atoms with Gasteiger partial charge in [0.2, 0.25) is 11.7 Å². The lowest BCUT2D eigenvalue weighted by Gasteiger charge is -2.52. The number of Topliss-reactive ketones (excluding diaryl/α,β-unsaturated/α-hetero) is 2. The van der Waals surface area contributed by atoms with Gasteiger partial charge >= 0.3 is 0 Å². The molecule has 272 valence electrons. The Morgan fingerprint density at radius 3 is 2.14 bits per heavy atom. The number of likely N-dealkylation sites (N-methyl/N-ethyl adjacent to an activating group) is 1. The zero-order valence-corrected chi connectivity index (χ0v) is 30.3. The highest BCUT2D eigenvalue weighted by Gasteiger charge is 2.64. The van der Waals surface area contributed by atoms with Crippen LogP contribution >= 0.6 is 0 Å². The second-order valence-corrected chi connectivity index (χ2v) is 17.2. The molecule has 4 aliphatic carbocycles. The molecule has 4 atom stereocenters. The van der Waals surface area contributed by atoms with Gasteiger partial charge in [0.05, 0.1) is 23.2 Å². The number of primary amides is 1. The average molecular weight is 694 g/mol. The maximum atomic E-state index is 14.2. The molecular formula is C37H51N5O8. The van der Waals surface area contributed by atoms with Crippen LogP contribution in [0.2, 0.25) is 0 Å². The summed E-state index contributed by atoms with van der Waals surface area (Å²) in [6.45, 7) is 10.4. The van der Waals surface area contributed by atoms with Gasteiger partial charge in [-0.3, -0.25) is 29.0 Å². The lowest BCUT2D eigenvalue weighted by atomic mass is 9.57. The fourth-order valence-electron chi connectivity index (χ4n) is 10.0. The monoisotopic (exact) mass is 693 g/mol. The van der Waals surface area contributed by atoms with Crippen molar-refractivity contribution in [2.75, 3.05) is 51.5 Å². The Bertz CT molecular complexity index is 1740. The maximum absolute atomic E-state index is 14.2. The minimum atomic E-state index is -2.73. The van der Waals surface area contributed by atoms with E-state index in [1.54, 1.807) is 39.2 Å². The van der Waals surface area contributed by atoms with Crippen LogP contribution in [0.15, 0.2) is 23.0 Å². The summed E-state index contributed by atoms with van der Waals surface area (Å²) in [6, 6.07) is 0.872. The van der Waals surface area contributed by atoms with Crippen LogP contribution in [0.3, 0.4) is 0 Å². The lowest BCUT2D eigenvalue weighted by molar-refractivity contribution is -0.153. The molecule has 0 spiro atoms. The molecule has 50 heavy (non-hydrogen) atoms. The number of hydrogen-bond donors (Lipinski definition) is 6. The number of ketones is 2. The van der Waals surface area contributed by atoms with Gasteiger partial charge in [-0.05, 0) is 74.6 Å². The Hall–Kier alpha value is -3.94. The summed E-state index contributed by atoms with van der Waals surface area (Å²) >= 11 is 0. The number of anilines is 2. The van der Waals surface area contributed by atoms with Gasteiger partial charge in [-0.25, -0.2) is 0 Å². The molecule has 0 bridgehead atoms. The quantitative estimate of drug-likeness (QED) is 0.189. The third-order valence-electron chi connectivity index (χ3n) is 11.8. The summed E-state index contributed by atoms with van der Waals surface area (Å²) in [4.78, 5) is 59.1. The number of carbonyl (C=O) groups is 4. The summed E-state index contributed by atoms with van der Waals surface area (Å²) in [5.41, 5.74) is 3.14. The standard InChI is InChI=1S/C37H51N5O8/c1-35(2)12-19(13-36(3,4)16-35)42-14-18(15-42)34(49)39-22-11-23(40(5)6)20-9-17-10-21-27(41(7)8)30(45)26(33(38)48)32(47)37(21,50)31(46)24(17)29(44)25(20)28(22)43/h11,17-19,21,27,43-44,47,50H,9-10,12-16H2,1-8H3,(H2,38,48)(H,39,49)/t17?,21-,27-,37-/m0/s1. The van der Waals surface area contributed by atoms with E-state index in [-0.39, 0.29) is 52.3 Å². The summed E-state index contributed by atoms with van der Waals surface area (Å²) in [5, 5.41) is 49.3. The number of fused-ring (bicyclic) bond motifs is 3. The number of aliphatic hydroxyl groups excluding tert-OH is 2. The Morgan fingerprint density at radius 2 is 1.60 bits per heavy atom. The van der Waals surface area contributed by atoms with Crippen LogP contribution in [0, 0.1) is 28.6 Å². The van der Waals surface area contributed by atoms with E-state index < -0.39 is 63.8 Å². The number of phenolic OH excluding ortho intramolecular Hbond substituents is 1. The van der Waals surface area contributed by atoms with Gasteiger partial charge in [-0.2, -0.15) is 0 Å². The smallest absolute Gasteiger partial charge is 0.255 e. The zero-order valence-electron chi connectivity index (χ0n) is 30.3. The van der Waals surface area contributed by atoms with Gasteiger partial charge < -0.3 is 36.4 Å². The SMILES string of the molecule is CN(C)c1cc(NC(=O)C2CN(C3CC(C)(C)CC(C)(C)C3)C2)c(O)c2c1CC1C[C@H]3[C@H](N(C)C)C(=O)C(C(N)=O)=C(O)[C@@]3(O)C(=O)C1=C2O. The molecule has 1 unspecified atom stereocenters. The molecule has 1 aromatic carbocycles. The molecule has 1 heterocycles. The average Bonchev–Trinajstić information content (AvgIpc) is 2.93. The Kier molecular flexibility index (Phi) is 8.47. The second kappa shape index (κ2) is 11.8. The van der Waals surface area contributed by atoms with Crippen molar-refractivity contribution in [1.29, 1.82) is 0 Å². The largest absolute Gasteiger partial charge is 0.508 e. The molecule has 2 saturated carbocycles. The Morgan fingerprint density at radius 1 is 1.00 bits per heavy atom. The molecule has 0 radical (unpaired) electrons. The van der Waals surface area contributed by atoms with E-state index in [9.17, 15) is 39.6 Å². The Labute approximate surface area is 292 Å². The predicted molar refractivity (Wildman–Crippen MR) is 187 cm³/mol. The van der Waals surface area contributed by atoms with Gasteiger partial charge in [-0.15, -0.1) is 0 Å². The first-order chi connectivity index (χ1) is 23.1. The van der Waals surface area contributed by atoms with Crippen LogP contribution < -0.4 is 16.0 Å². The summed E-state index contributed by atoms with van der Waals surface area (Å²) < 4.78 is 0. The molecule has 1 aliphatic heterocycles. The number of rotatable bonds is 6. The van der Waals surface area contributed by atoms with Crippen molar-refractivity contribution in [2.24, 2.45) is 34.3 Å². The van der Waals surface area contributed by atoms with Crippen LogP contribution in [0.4, 0.5) is 11.4 Å². The lowest BCUT2D eigenvalue weighted by Crippen LogP contribution is -2.65. The van der Waals surface area contributed by atoms with Gasteiger partial charge in [0.1, 0.15) is 22.8 Å². The van der Waals surface area contributed by atoms with E-state index in [2.05, 4.69) is 37.9 Å². The van der Waals surface area contributed by atoms with E-state index in [0.29, 0.717) is 30.4 Å². The molecule has 1 aromatic rings. The number of amides is 2. The van der Waals surface area contributed by atoms with Crippen molar-refractivity contribution in [3.05, 3.63) is 34.1 Å². The Balaban J connectivity index is 1.33. The van der Waals surface area contributed by atoms with E-state index >= 15 is 0 Å². The van der Waals surface area contributed by atoms with Gasteiger partial charge in [0.25, 0.3) is 5.91 Å². The molecule has 13 nitrogen and oxygen atoms in total. The van der Waals surface area contributed by atoms with Crippen molar-refractivity contribution in [3.63, 3.8) is 0 Å². The number of carbonyl (C=O) groups excluding carboxylic acids is 4. The number of aromatic hydroxyl groups is 1. The van der Waals surface area contributed by atoms with Crippen molar-refractivity contribution in [2.45, 2.75) is 77.5 Å². The topological polar surface area (TPSA) is 197 Å². The molecule has 13 heteroatoms. The zero-order chi connectivity index (χ0) is 37.0. The number of phenols is 1. The number of aliphatic hydroxyl groups is 3. The molecule has 7 N–H and O–H groups in total. The number of nitrogens with zero attached hydrogens (tertiary/aromatic N) is 3. The van der Waals surface area contributed by atoms with E-state index in [0.717, 1.165) is 19.3 Å².